The first-order valence-corrected chi connectivity index (χ1v) is 10.0. The minimum Gasteiger partial charge on any atom is -0.494 e. The average molecular weight is 391 g/mol. The molecule has 0 radical (unpaired) electrons. The van der Waals surface area contributed by atoms with Crippen molar-refractivity contribution in [2.45, 2.75) is 12.3 Å². The highest BCUT2D eigenvalue weighted by Crippen LogP contribution is 2.34. The van der Waals surface area contributed by atoms with Crippen LogP contribution >= 0.6 is 23.5 Å². The molecule has 1 aliphatic rings. The fraction of sp³-hybridized carbons (Fsp3) is 0.263. The van der Waals surface area contributed by atoms with Gasteiger partial charge in [-0.15, -0.1) is 0 Å². The molecule has 4 nitrogen and oxygen atoms in total. The van der Waals surface area contributed by atoms with Crippen LogP contribution in [-0.2, 0) is 17.1 Å². The predicted octanol–water partition coefficient (Wildman–Crippen LogP) is 4.46. The molecule has 0 bridgehead atoms. The van der Waals surface area contributed by atoms with Gasteiger partial charge in [0.15, 0.2) is 11.6 Å². The summed E-state index contributed by atoms with van der Waals surface area (Å²) in [5.74, 6) is 0.937. The molecule has 0 saturated heterocycles. The maximum Gasteiger partial charge on any atom is 0.233 e. The van der Waals surface area contributed by atoms with E-state index in [1.807, 2.05) is 18.2 Å². The number of halogens is 1. The lowest BCUT2D eigenvalue weighted by atomic mass is 10.2. The standard InChI is InChI=1S/C19H19FN2O2S2/c1-22(10-13-7-8-17(24-2)15(20)9-13)18(23)12-26-19-21-16-6-4-3-5-14(16)11-25-19/h3-9H,10-12H2,1-2H3. The summed E-state index contributed by atoms with van der Waals surface area (Å²) in [6, 6.07) is 12.8. The molecule has 26 heavy (non-hydrogen) atoms. The Morgan fingerprint density at radius 3 is 2.92 bits per heavy atom. The molecule has 0 aromatic heterocycles. The maximum absolute atomic E-state index is 13.8. The highest BCUT2D eigenvalue weighted by atomic mass is 32.2. The Morgan fingerprint density at radius 2 is 2.15 bits per heavy atom. The van der Waals surface area contributed by atoms with Crippen LogP contribution in [0.2, 0.25) is 0 Å². The fourth-order valence-electron chi connectivity index (χ4n) is 2.49. The van der Waals surface area contributed by atoms with Crippen molar-refractivity contribution in [3.63, 3.8) is 0 Å². The molecular formula is C19H19FN2O2S2. The van der Waals surface area contributed by atoms with Crippen molar-refractivity contribution < 1.29 is 13.9 Å². The zero-order chi connectivity index (χ0) is 18.5. The number of ether oxygens (including phenoxy) is 1. The van der Waals surface area contributed by atoms with Crippen molar-refractivity contribution >= 4 is 39.5 Å². The minimum atomic E-state index is -0.424. The molecule has 1 aliphatic heterocycles. The van der Waals surface area contributed by atoms with E-state index in [1.165, 1.54) is 30.5 Å². The number of hydrogen-bond donors (Lipinski definition) is 0. The van der Waals surface area contributed by atoms with Gasteiger partial charge in [0, 0.05) is 19.3 Å². The Labute approximate surface area is 160 Å². The van der Waals surface area contributed by atoms with Crippen molar-refractivity contribution in [3.8, 4) is 5.75 Å². The Balaban J connectivity index is 1.55. The number of carbonyl (C=O) groups is 1. The number of benzene rings is 2. The summed E-state index contributed by atoms with van der Waals surface area (Å²) in [6.45, 7) is 0.350. The monoisotopic (exact) mass is 390 g/mol. The zero-order valence-electron chi connectivity index (χ0n) is 14.6. The van der Waals surface area contributed by atoms with E-state index in [1.54, 1.807) is 35.8 Å². The lowest BCUT2D eigenvalue weighted by Crippen LogP contribution is -2.28. The van der Waals surface area contributed by atoms with E-state index in [0.29, 0.717) is 12.3 Å². The van der Waals surface area contributed by atoms with Gasteiger partial charge in [-0.05, 0) is 29.3 Å². The lowest BCUT2D eigenvalue weighted by Gasteiger charge is -2.18. The van der Waals surface area contributed by atoms with Gasteiger partial charge in [-0.1, -0.05) is 47.8 Å². The zero-order valence-corrected chi connectivity index (χ0v) is 16.2. The van der Waals surface area contributed by atoms with Crippen LogP contribution in [0.5, 0.6) is 5.75 Å². The summed E-state index contributed by atoms with van der Waals surface area (Å²) in [5.41, 5.74) is 2.91. The second-order valence-electron chi connectivity index (χ2n) is 5.80. The number of amides is 1. The molecule has 0 fully saturated rings. The first-order valence-electron chi connectivity index (χ1n) is 8.05. The summed E-state index contributed by atoms with van der Waals surface area (Å²) < 4.78 is 19.6. The van der Waals surface area contributed by atoms with Crippen LogP contribution in [0.25, 0.3) is 0 Å². The Hall–Kier alpha value is -1.99. The summed E-state index contributed by atoms with van der Waals surface area (Å²) in [6.07, 6.45) is 0. The molecule has 7 heteroatoms. The van der Waals surface area contributed by atoms with Crippen LogP contribution < -0.4 is 4.74 Å². The number of fused-ring (bicyclic) bond motifs is 1. The van der Waals surface area contributed by atoms with Crippen molar-refractivity contribution in [3.05, 3.63) is 59.4 Å². The Morgan fingerprint density at radius 1 is 1.35 bits per heavy atom. The largest absolute Gasteiger partial charge is 0.494 e. The van der Waals surface area contributed by atoms with Crippen LogP contribution in [0.1, 0.15) is 11.1 Å². The molecule has 2 aromatic carbocycles. The third-order valence-corrected chi connectivity index (χ3v) is 6.17. The number of carbonyl (C=O) groups excluding carboxylic acids is 1. The Kier molecular flexibility index (Phi) is 6.21. The number of aliphatic imine (C=N–C) groups is 1. The molecule has 0 N–H and O–H groups in total. The van der Waals surface area contributed by atoms with E-state index in [2.05, 4.69) is 11.1 Å². The highest BCUT2D eigenvalue weighted by Gasteiger charge is 2.16. The number of methoxy groups -OCH3 is 1. The summed E-state index contributed by atoms with van der Waals surface area (Å²) in [7, 11) is 3.14. The Bertz CT molecular complexity index is 842. The maximum atomic E-state index is 13.8. The molecular weight excluding hydrogens is 371 g/mol. The molecule has 136 valence electrons. The van der Waals surface area contributed by atoms with Gasteiger partial charge in [-0.3, -0.25) is 4.79 Å². The minimum absolute atomic E-state index is 0.0200. The first kappa shape index (κ1) is 18.8. The summed E-state index contributed by atoms with van der Waals surface area (Å²) in [5, 5.41) is 0. The molecule has 3 rings (SSSR count). The second-order valence-corrected chi connectivity index (χ2v) is 7.99. The normalized spacial score (nSPS) is 13.0. The van der Waals surface area contributed by atoms with E-state index in [4.69, 9.17) is 4.74 Å². The molecule has 0 aliphatic carbocycles. The van der Waals surface area contributed by atoms with Gasteiger partial charge in [0.2, 0.25) is 5.91 Å². The van der Waals surface area contributed by atoms with E-state index in [9.17, 15) is 9.18 Å². The van der Waals surface area contributed by atoms with Crippen molar-refractivity contribution in [1.29, 1.82) is 0 Å². The third-order valence-electron chi connectivity index (χ3n) is 3.94. The molecule has 0 atom stereocenters. The summed E-state index contributed by atoms with van der Waals surface area (Å²) >= 11 is 3.09. The number of nitrogens with zero attached hydrogens (tertiary/aromatic N) is 2. The van der Waals surface area contributed by atoms with Crippen LogP contribution in [0.4, 0.5) is 10.1 Å². The number of rotatable bonds is 5. The smallest absolute Gasteiger partial charge is 0.233 e. The van der Waals surface area contributed by atoms with Crippen LogP contribution in [0.15, 0.2) is 47.5 Å². The van der Waals surface area contributed by atoms with E-state index in [0.717, 1.165) is 21.4 Å². The van der Waals surface area contributed by atoms with Gasteiger partial charge in [-0.25, -0.2) is 9.38 Å². The average Bonchev–Trinajstić information content (AvgIpc) is 2.66. The quantitative estimate of drug-likeness (QED) is 0.756. The number of para-hydroxylation sites is 1. The molecule has 0 saturated carbocycles. The number of hydrogen-bond acceptors (Lipinski definition) is 5. The first-order chi connectivity index (χ1) is 12.6. The van der Waals surface area contributed by atoms with Crippen molar-refractivity contribution in [1.82, 2.24) is 4.90 Å². The number of thioether (sulfide) groups is 2. The van der Waals surface area contributed by atoms with Gasteiger partial charge in [-0.2, -0.15) is 0 Å². The molecule has 0 spiro atoms. The van der Waals surface area contributed by atoms with Crippen molar-refractivity contribution in [2.75, 3.05) is 19.9 Å². The van der Waals surface area contributed by atoms with Crippen LogP contribution in [-0.4, -0.2) is 35.1 Å². The molecule has 1 amide bonds. The topological polar surface area (TPSA) is 41.9 Å². The van der Waals surface area contributed by atoms with Gasteiger partial charge < -0.3 is 9.64 Å². The second kappa shape index (κ2) is 8.60. The van der Waals surface area contributed by atoms with E-state index in [-0.39, 0.29) is 11.7 Å². The van der Waals surface area contributed by atoms with E-state index >= 15 is 0 Å². The van der Waals surface area contributed by atoms with Crippen LogP contribution in [0.3, 0.4) is 0 Å². The van der Waals surface area contributed by atoms with E-state index < -0.39 is 5.82 Å². The molecule has 2 aromatic rings. The SMILES string of the molecule is COc1ccc(CN(C)C(=O)CSC2=Nc3ccccc3CS2)cc1F. The van der Waals surface area contributed by atoms with Crippen molar-refractivity contribution in [2.24, 2.45) is 4.99 Å². The molecule has 0 unspecified atom stereocenters. The van der Waals surface area contributed by atoms with Crippen LogP contribution in [0, 0.1) is 5.82 Å². The van der Waals surface area contributed by atoms with Gasteiger partial charge >= 0.3 is 0 Å². The van der Waals surface area contributed by atoms with Gasteiger partial charge in [0.25, 0.3) is 0 Å². The highest BCUT2D eigenvalue weighted by molar-refractivity contribution is 8.38. The van der Waals surface area contributed by atoms with Gasteiger partial charge in [0.05, 0.1) is 18.6 Å². The fourth-order valence-corrected chi connectivity index (χ4v) is 4.49. The summed E-state index contributed by atoms with van der Waals surface area (Å²) in [4.78, 5) is 18.6. The van der Waals surface area contributed by atoms with Gasteiger partial charge in [0.1, 0.15) is 4.38 Å². The lowest BCUT2D eigenvalue weighted by molar-refractivity contribution is -0.127. The predicted molar refractivity (Wildman–Crippen MR) is 107 cm³/mol. The third kappa shape index (κ3) is 4.59. The molecule has 1 heterocycles.